The highest BCUT2D eigenvalue weighted by molar-refractivity contribution is 6.36. The maximum absolute atomic E-state index is 12.6. The second-order valence-corrected chi connectivity index (χ2v) is 6.65. The number of hydrogen-bond donors (Lipinski definition) is 5. The van der Waals surface area contributed by atoms with Crippen molar-refractivity contribution in [2.75, 3.05) is 24.8 Å². The average molecular weight is 459 g/mol. The Kier molecular flexibility index (Phi) is 6.93. The maximum atomic E-state index is 12.6. The number of H-pyrrole nitrogens is 1. The van der Waals surface area contributed by atoms with E-state index in [2.05, 4.69) is 30.8 Å². The highest BCUT2D eigenvalue weighted by Crippen LogP contribution is 2.37. The summed E-state index contributed by atoms with van der Waals surface area (Å²) in [6, 6.07) is 9.23. The van der Waals surface area contributed by atoms with Crippen molar-refractivity contribution < 1.29 is 24.0 Å². The van der Waals surface area contributed by atoms with Gasteiger partial charge in [0.25, 0.3) is 17.7 Å². The van der Waals surface area contributed by atoms with Crippen LogP contribution in [0.3, 0.4) is 0 Å². The van der Waals surface area contributed by atoms with Gasteiger partial charge in [0, 0.05) is 18.4 Å². The van der Waals surface area contributed by atoms with Crippen LogP contribution in [0.2, 0.25) is 5.02 Å². The van der Waals surface area contributed by atoms with E-state index in [0.29, 0.717) is 11.4 Å². The molecular formula is C20H19ClN6O5. The van der Waals surface area contributed by atoms with Crippen LogP contribution in [0, 0.1) is 0 Å². The van der Waals surface area contributed by atoms with E-state index < -0.39 is 17.7 Å². The molecule has 0 radical (unpaired) electrons. The third-order valence-corrected chi connectivity index (χ3v) is 4.72. The third-order valence-electron chi connectivity index (χ3n) is 4.35. The molecule has 0 fully saturated rings. The molecule has 0 spiro atoms. The number of aromatic nitrogens is 2. The number of benzene rings is 2. The van der Waals surface area contributed by atoms with Crippen molar-refractivity contribution >= 4 is 40.7 Å². The molecule has 0 saturated carbocycles. The summed E-state index contributed by atoms with van der Waals surface area (Å²) >= 11 is 6.22. The Balaban J connectivity index is 1.70. The second-order valence-electron chi connectivity index (χ2n) is 6.27. The van der Waals surface area contributed by atoms with Gasteiger partial charge in [0.1, 0.15) is 5.69 Å². The lowest BCUT2D eigenvalue weighted by Crippen LogP contribution is -2.23. The van der Waals surface area contributed by atoms with Crippen molar-refractivity contribution in [3.8, 4) is 11.5 Å². The van der Waals surface area contributed by atoms with E-state index in [1.807, 2.05) is 0 Å². The molecule has 1 aromatic heterocycles. The number of carbonyl (C=O) groups excluding carboxylic acids is 3. The van der Waals surface area contributed by atoms with Gasteiger partial charge in [-0.2, -0.15) is 5.90 Å². The van der Waals surface area contributed by atoms with Crippen LogP contribution in [-0.2, 0) is 0 Å². The van der Waals surface area contributed by atoms with Gasteiger partial charge in [0.2, 0.25) is 0 Å². The van der Waals surface area contributed by atoms with Gasteiger partial charge in [-0.1, -0.05) is 11.6 Å². The van der Waals surface area contributed by atoms with Gasteiger partial charge in [0.15, 0.2) is 17.2 Å². The first-order chi connectivity index (χ1) is 15.4. The minimum atomic E-state index is -0.567. The van der Waals surface area contributed by atoms with Gasteiger partial charge in [0.05, 0.1) is 24.0 Å². The van der Waals surface area contributed by atoms with Gasteiger partial charge in [-0.25, -0.2) is 4.98 Å². The van der Waals surface area contributed by atoms with E-state index in [9.17, 15) is 14.4 Å². The third kappa shape index (κ3) is 4.63. The van der Waals surface area contributed by atoms with Crippen LogP contribution < -0.4 is 31.4 Å². The zero-order chi connectivity index (χ0) is 23.3. The smallest absolute Gasteiger partial charge is 0.276 e. The molecular weight excluding hydrogens is 440 g/mol. The lowest BCUT2D eigenvalue weighted by atomic mass is 10.1. The topological polar surface area (TPSA) is 160 Å². The lowest BCUT2D eigenvalue weighted by molar-refractivity contribution is 0.0943. The minimum Gasteiger partial charge on any atom is -0.491 e. The molecule has 32 heavy (non-hydrogen) atoms. The minimum absolute atomic E-state index is 0.0442. The molecule has 0 aliphatic carbocycles. The first kappa shape index (κ1) is 22.6. The second kappa shape index (κ2) is 9.81. The van der Waals surface area contributed by atoms with Crippen LogP contribution in [0.4, 0.5) is 11.4 Å². The number of carbonyl (C=O) groups is 3. The van der Waals surface area contributed by atoms with E-state index in [1.165, 1.54) is 32.6 Å². The fourth-order valence-corrected chi connectivity index (χ4v) is 3.11. The van der Waals surface area contributed by atoms with Crippen LogP contribution in [0.25, 0.3) is 0 Å². The molecule has 3 aromatic rings. The van der Waals surface area contributed by atoms with Crippen molar-refractivity contribution in [1.29, 1.82) is 0 Å². The lowest BCUT2D eigenvalue weighted by Gasteiger charge is -2.12. The summed E-state index contributed by atoms with van der Waals surface area (Å²) in [5, 5.41) is 7.80. The van der Waals surface area contributed by atoms with Crippen molar-refractivity contribution in [2.45, 2.75) is 0 Å². The molecule has 3 amide bonds. The molecule has 0 aliphatic heterocycles. The highest BCUT2D eigenvalue weighted by atomic mass is 35.5. The molecule has 2 aromatic carbocycles. The average Bonchev–Trinajstić information content (AvgIpc) is 3.29. The van der Waals surface area contributed by atoms with Gasteiger partial charge in [-0.15, -0.1) is 0 Å². The van der Waals surface area contributed by atoms with E-state index in [4.69, 9.17) is 22.2 Å². The molecule has 6 N–H and O–H groups in total. The number of aromatic amines is 1. The van der Waals surface area contributed by atoms with Crippen LogP contribution >= 0.6 is 11.6 Å². The van der Waals surface area contributed by atoms with Crippen LogP contribution in [0.1, 0.15) is 31.3 Å². The predicted octanol–water partition coefficient (Wildman–Crippen LogP) is 2.19. The number of anilines is 2. The summed E-state index contributed by atoms with van der Waals surface area (Å²) in [4.78, 5) is 48.0. The Morgan fingerprint density at radius 3 is 2.19 bits per heavy atom. The summed E-state index contributed by atoms with van der Waals surface area (Å²) in [6.07, 6.45) is 1.25. The number of rotatable bonds is 7. The molecule has 0 saturated heterocycles. The van der Waals surface area contributed by atoms with E-state index in [0.717, 1.165) is 0 Å². The van der Waals surface area contributed by atoms with Crippen LogP contribution in [0.5, 0.6) is 11.5 Å². The van der Waals surface area contributed by atoms with Crippen LogP contribution in [0.15, 0.2) is 42.7 Å². The Hall–Kier alpha value is -4.09. The molecule has 11 nitrogen and oxygen atoms in total. The summed E-state index contributed by atoms with van der Waals surface area (Å²) < 4.78 is 5.13. The van der Waals surface area contributed by atoms with Gasteiger partial charge < -0.3 is 30.5 Å². The first-order valence-corrected chi connectivity index (χ1v) is 9.48. The Labute approximate surface area is 187 Å². The molecule has 0 unspecified atom stereocenters. The summed E-state index contributed by atoms with van der Waals surface area (Å²) in [5.74, 6) is 3.96. The van der Waals surface area contributed by atoms with E-state index in [1.54, 1.807) is 24.3 Å². The number of halogens is 1. The molecule has 0 atom stereocenters. The quantitative estimate of drug-likeness (QED) is 0.339. The fourth-order valence-electron chi connectivity index (χ4n) is 2.79. The summed E-state index contributed by atoms with van der Waals surface area (Å²) in [5.41, 5.74) is 1.04. The van der Waals surface area contributed by atoms with E-state index >= 15 is 0 Å². The van der Waals surface area contributed by atoms with E-state index in [-0.39, 0.29) is 33.5 Å². The number of amides is 3. The molecule has 1 heterocycles. The number of nitrogens with two attached hydrogens (primary N) is 1. The van der Waals surface area contributed by atoms with Crippen molar-refractivity contribution in [3.05, 3.63) is 64.7 Å². The molecule has 0 bridgehead atoms. The molecule has 3 rings (SSSR count). The van der Waals surface area contributed by atoms with Gasteiger partial charge in [-0.05, 0) is 36.4 Å². The normalized spacial score (nSPS) is 10.2. The van der Waals surface area contributed by atoms with Crippen molar-refractivity contribution in [3.63, 3.8) is 0 Å². The molecule has 0 aliphatic rings. The highest BCUT2D eigenvalue weighted by Gasteiger charge is 2.20. The number of hydrogen-bond acceptors (Lipinski definition) is 7. The number of nitrogens with zero attached hydrogens (tertiary/aromatic N) is 1. The number of imidazole rings is 1. The Morgan fingerprint density at radius 1 is 1.00 bits per heavy atom. The van der Waals surface area contributed by atoms with Crippen molar-refractivity contribution in [2.24, 2.45) is 5.90 Å². The Morgan fingerprint density at radius 2 is 1.62 bits per heavy atom. The van der Waals surface area contributed by atoms with Gasteiger partial charge in [-0.3, -0.25) is 14.4 Å². The summed E-state index contributed by atoms with van der Waals surface area (Å²) in [6.45, 7) is 0. The SMILES string of the molecule is CNC(=O)c1[nH]cnc1C(=O)Nc1ccc(NC(=O)c2ccc(ON)c(OC)c2Cl)cc1. The molecule has 12 heteroatoms. The fraction of sp³-hybridized carbons (Fsp3) is 0.100. The van der Waals surface area contributed by atoms with Crippen molar-refractivity contribution in [1.82, 2.24) is 15.3 Å². The number of nitrogens with one attached hydrogen (secondary N) is 4. The largest absolute Gasteiger partial charge is 0.491 e. The zero-order valence-electron chi connectivity index (χ0n) is 17.0. The maximum Gasteiger partial charge on any atom is 0.276 e. The van der Waals surface area contributed by atoms with Crippen LogP contribution in [-0.4, -0.2) is 41.8 Å². The Bertz CT molecular complexity index is 1160. The first-order valence-electron chi connectivity index (χ1n) is 9.11. The predicted molar refractivity (Wildman–Crippen MR) is 117 cm³/mol. The summed E-state index contributed by atoms with van der Waals surface area (Å²) in [7, 11) is 2.82. The molecule has 166 valence electrons. The monoisotopic (exact) mass is 458 g/mol. The zero-order valence-corrected chi connectivity index (χ0v) is 17.7. The standard InChI is InChI=1S/C20H19ClN6O5/c1-23-19(29)15-16(25-9-24-15)20(30)27-11-5-3-10(4-6-11)26-18(28)12-7-8-13(32-22)17(31-2)14(12)21/h3-9H,22H2,1-2H3,(H,23,29)(H,24,25)(H,26,28)(H,27,30). The number of ether oxygens (including phenoxy) is 1. The number of methoxy groups -OCH3 is 1. The van der Waals surface area contributed by atoms with Gasteiger partial charge >= 0.3 is 0 Å².